The molecule has 2 aromatic rings. The smallest absolute Gasteiger partial charge is 0.115 e. The minimum Gasteiger partial charge on any atom is -0.508 e. The van der Waals surface area contributed by atoms with E-state index in [-0.39, 0.29) is 5.41 Å². The van der Waals surface area contributed by atoms with Gasteiger partial charge in [-0.2, -0.15) is 0 Å². The average molecular weight is 308 g/mol. The van der Waals surface area contributed by atoms with Crippen LogP contribution in [0.25, 0.3) is 0 Å². The Bertz CT molecular complexity index is 581. The second-order valence-electron chi connectivity index (χ2n) is 7.58. The Morgan fingerprint density at radius 2 is 1.35 bits per heavy atom. The SMILES string of the molecule is Cc1ccc([C@]2(c3ccc(O)cc3)CC[C@@H](C(C)C)CC2)cc1. The summed E-state index contributed by atoms with van der Waals surface area (Å²) in [6.45, 7) is 6.85. The third-order valence-electron chi connectivity index (χ3n) is 5.85. The molecule has 1 aliphatic rings. The highest BCUT2D eigenvalue weighted by atomic mass is 16.3. The molecule has 0 aromatic heterocycles. The fourth-order valence-corrected chi connectivity index (χ4v) is 4.20. The van der Waals surface area contributed by atoms with Crippen molar-refractivity contribution in [2.75, 3.05) is 0 Å². The van der Waals surface area contributed by atoms with Crippen molar-refractivity contribution in [3.05, 3.63) is 65.2 Å². The highest BCUT2D eigenvalue weighted by Crippen LogP contribution is 2.48. The lowest BCUT2D eigenvalue weighted by molar-refractivity contribution is 0.217. The van der Waals surface area contributed by atoms with Crippen LogP contribution >= 0.6 is 0 Å². The molecule has 1 nitrogen and oxygen atoms in total. The number of benzene rings is 2. The number of rotatable bonds is 3. The molecule has 122 valence electrons. The molecule has 1 aliphatic carbocycles. The van der Waals surface area contributed by atoms with E-state index in [0.717, 1.165) is 11.8 Å². The molecule has 0 heterocycles. The van der Waals surface area contributed by atoms with Gasteiger partial charge in [-0.05, 0) is 67.7 Å². The van der Waals surface area contributed by atoms with Crippen LogP contribution < -0.4 is 0 Å². The molecule has 0 unspecified atom stereocenters. The number of hydrogen-bond donors (Lipinski definition) is 1. The van der Waals surface area contributed by atoms with Crippen molar-refractivity contribution in [2.45, 2.75) is 51.9 Å². The van der Waals surface area contributed by atoms with Gasteiger partial charge < -0.3 is 5.11 Å². The summed E-state index contributed by atoms with van der Waals surface area (Å²) in [5.74, 6) is 1.96. The number of aromatic hydroxyl groups is 1. The van der Waals surface area contributed by atoms with Gasteiger partial charge >= 0.3 is 0 Å². The molecule has 0 saturated heterocycles. The summed E-state index contributed by atoms with van der Waals surface area (Å²) in [6.07, 6.45) is 4.96. The maximum absolute atomic E-state index is 9.66. The molecule has 1 fully saturated rings. The second-order valence-corrected chi connectivity index (χ2v) is 7.58. The van der Waals surface area contributed by atoms with Crippen molar-refractivity contribution in [3.63, 3.8) is 0 Å². The highest BCUT2D eigenvalue weighted by molar-refractivity contribution is 5.42. The first kappa shape index (κ1) is 16.1. The molecule has 0 spiro atoms. The average Bonchev–Trinajstić information content (AvgIpc) is 2.56. The van der Waals surface area contributed by atoms with Crippen molar-refractivity contribution >= 4 is 0 Å². The summed E-state index contributed by atoms with van der Waals surface area (Å²) in [7, 11) is 0. The summed E-state index contributed by atoms with van der Waals surface area (Å²) in [6, 6.07) is 17.0. The monoisotopic (exact) mass is 308 g/mol. The molecule has 0 amide bonds. The summed E-state index contributed by atoms with van der Waals surface area (Å²) < 4.78 is 0. The van der Waals surface area contributed by atoms with Crippen LogP contribution in [0.3, 0.4) is 0 Å². The maximum atomic E-state index is 9.66. The number of phenols is 1. The fourth-order valence-electron chi connectivity index (χ4n) is 4.20. The van der Waals surface area contributed by atoms with Crippen molar-refractivity contribution in [1.82, 2.24) is 0 Å². The molecule has 1 heteroatoms. The number of hydrogen-bond acceptors (Lipinski definition) is 1. The molecule has 3 rings (SSSR count). The summed E-state index contributed by atoms with van der Waals surface area (Å²) >= 11 is 0. The molecule has 2 aromatic carbocycles. The van der Waals surface area contributed by atoms with Crippen molar-refractivity contribution < 1.29 is 5.11 Å². The van der Waals surface area contributed by atoms with Crippen LogP contribution in [0.2, 0.25) is 0 Å². The minimum absolute atomic E-state index is 0.104. The van der Waals surface area contributed by atoms with Crippen LogP contribution in [-0.4, -0.2) is 5.11 Å². The van der Waals surface area contributed by atoms with E-state index in [9.17, 15) is 5.11 Å². The second kappa shape index (κ2) is 6.39. The van der Waals surface area contributed by atoms with Crippen LogP contribution in [0, 0.1) is 18.8 Å². The number of aryl methyl sites for hydroxylation is 1. The van der Waals surface area contributed by atoms with E-state index in [4.69, 9.17) is 0 Å². The molecule has 0 aliphatic heterocycles. The van der Waals surface area contributed by atoms with Gasteiger partial charge in [-0.1, -0.05) is 55.8 Å². The lowest BCUT2D eigenvalue weighted by Gasteiger charge is -2.42. The topological polar surface area (TPSA) is 20.2 Å². The number of phenolic OH excluding ortho intramolecular Hbond substituents is 1. The Morgan fingerprint density at radius 1 is 0.870 bits per heavy atom. The summed E-state index contributed by atoms with van der Waals surface area (Å²) in [5, 5.41) is 9.66. The van der Waals surface area contributed by atoms with Gasteiger partial charge in [-0.25, -0.2) is 0 Å². The van der Waals surface area contributed by atoms with E-state index in [1.54, 1.807) is 0 Å². The van der Waals surface area contributed by atoms with Gasteiger partial charge in [-0.3, -0.25) is 0 Å². The van der Waals surface area contributed by atoms with Crippen molar-refractivity contribution in [3.8, 4) is 5.75 Å². The highest BCUT2D eigenvalue weighted by Gasteiger charge is 2.38. The minimum atomic E-state index is 0.104. The first-order valence-electron chi connectivity index (χ1n) is 8.88. The first-order valence-corrected chi connectivity index (χ1v) is 8.88. The molecular formula is C22H28O. The molecule has 1 N–H and O–H groups in total. The van der Waals surface area contributed by atoms with E-state index in [1.165, 1.54) is 42.4 Å². The van der Waals surface area contributed by atoms with E-state index in [1.807, 2.05) is 12.1 Å². The molecular weight excluding hydrogens is 280 g/mol. The quantitative estimate of drug-likeness (QED) is 0.756. The normalized spacial score (nSPS) is 24.8. The fraction of sp³-hybridized carbons (Fsp3) is 0.455. The van der Waals surface area contributed by atoms with Crippen LogP contribution in [0.1, 0.15) is 56.2 Å². The van der Waals surface area contributed by atoms with Crippen LogP contribution in [0.4, 0.5) is 0 Å². The zero-order valence-corrected chi connectivity index (χ0v) is 14.5. The van der Waals surface area contributed by atoms with E-state index in [2.05, 4.69) is 57.2 Å². The Balaban J connectivity index is 2.00. The van der Waals surface area contributed by atoms with Crippen molar-refractivity contribution in [1.29, 1.82) is 0 Å². The van der Waals surface area contributed by atoms with Crippen LogP contribution in [0.5, 0.6) is 5.75 Å². The van der Waals surface area contributed by atoms with Gasteiger partial charge in [0.2, 0.25) is 0 Å². The van der Waals surface area contributed by atoms with Crippen LogP contribution in [-0.2, 0) is 5.41 Å². The molecule has 1 saturated carbocycles. The Labute approximate surface area is 140 Å². The van der Waals surface area contributed by atoms with Gasteiger partial charge in [-0.15, -0.1) is 0 Å². The third-order valence-corrected chi connectivity index (χ3v) is 5.85. The van der Waals surface area contributed by atoms with Gasteiger partial charge in [0.05, 0.1) is 0 Å². The lowest BCUT2D eigenvalue weighted by atomic mass is 9.61. The lowest BCUT2D eigenvalue weighted by Crippen LogP contribution is -2.34. The van der Waals surface area contributed by atoms with E-state index in [0.29, 0.717) is 5.75 Å². The van der Waals surface area contributed by atoms with Crippen LogP contribution in [0.15, 0.2) is 48.5 Å². The summed E-state index contributed by atoms with van der Waals surface area (Å²) in [5.41, 5.74) is 4.19. The Morgan fingerprint density at radius 3 is 1.83 bits per heavy atom. The van der Waals surface area contributed by atoms with Gasteiger partial charge in [0.25, 0.3) is 0 Å². The predicted molar refractivity (Wildman–Crippen MR) is 96.9 cm³/mol. The van der Waals surface area contributed by atoms with E-state index < -0.39 is 0 Å². The van der Waals surface area contributed by atoms with E-state index >= 15 is 0 Å². The largest absolute Gasteiger partial charge is 0.508 e. The molecule has 23 heavy (non-hydrogen) atoms. The molecule has 0 bridgehead atoms. The molecule has 0 radical (unpaired) electrons. The zero-order chi connectivity index (χ0) is 16.4. The van der Waals surface area contributed by atoms with Gasteiger partial charge in [0.1, 0.15) is 5.75 Å². The first-order chi connectivity index (χ1) is 11.0. The zero-order valence-electron chi connectivity index (χ0n) is 14.5. The maximum Gasteiger partial charge on any atom is 0.115 e. The predicted octanol–water partition coefficient (Wildman–Crippen LogP) is 5.83. The summed E-state index contributed by atoms with van der Waals surface area (Å²) in [4.78, 5) is 0. The van der Waals surface area contributed by atoms with Gasteiger partial charge in [0.15, 0.2) is 0 Å². The Hall–Kier alpha value is -1.76. The van der Waals surface area contributed by atoms with Crippen molar-refractivity contribution in [2.24, 2.45) is 11.8 Å². The van der Waals surface area contributed by atoms with Gasteiger partial charge in [0, 0.05) is 5.41 Å². The molecule has 0 atom stereocenters. The standard InChI is InChI=1S/C22H28O/c1-16(2)18-12-14-22(15-13-18,19-6-4-17(3)5-7-19)20-8-10-21(23)11-9-20/h4-11,16,18,23H,12-15H2,1-3H3/t18-,22+. The third kappa shape index (κ3) is 3.15. The Kier molecular flexibility index (Phi) is 4.48.